The number of hydrogen-bond donors (Lipinski definition) is 4. The van der Waals surface area contributed by atoms with Crippen molar-refractivity contribution in [3.8, 4) is 0 Å². The Hall–Kier alpha value is -3.28. The minimum Gasteiger partial charge on any atom is -0.253 e. The molecule has 4 heteroatoms. The SMILES string of the molecule is c1ccc(CC2NNC(C3NNC(Cc4ccccc4)C3c3ccccc3)C2c2ccccc2)cc1. The first-order valence-electron chi connectivity index (χ1n) is 13.1. The van der Waals surface area contributed by atoms with Crippen molar-refractivity contribution in [1.82, 2.24) is 21.7 Å². The smallest absolute Gasteiger partial charge is 0.0470 e. The largest absolute Gasteiger partial charge is 0.253 e. The predicted molar refractivity (Wildman–Crippen MR) is 146 cm³/mol. The van der Waals surface area contributed by atoms with Gasteiger partial charge in [-0.05, 0) is 35.1 Å². The van der Waals surface area contributed by atoms with Crippen LogP contribution in [0.3, 0.4) is 0 Å². The van der Waals surface area contributed by atoms with Gasteiger partial charge in [0.25, 0.3) is 0 Å². The van der Waals surface area contributed by atoms with Crippen LogP contribution in [0.25, 0.3) is 0 Å². The van der Waals surface area contributed by atoms with Gasteiger partial charge in [-0.2, -0.15) is 0 Å². The Morgan fingerprint density at radius 1 is 0.389 bits per heavy atom. The second kappa shape index (κ2) is 10.8. The highest BCUT2D eigenvalue weighted by atomic mass is 15.5. The van der Waals surface area contributed by atoms with Crippen LogP contribution in [0.4, 0.5) is 0 Å². The van der Waals surface area contributed by atoms with Crippen LogP contribution in [0.15, 0.2) is 121 Å². The molecule has 0 spiro atoms. The fourth-order valence-electron chi connectivity index (χ4n) is 6.21. The van der Waals surface area contributed by atoms with Gasteiger partial charge in [0.05, 0.1) is 0 Å². The molecule has 36 heavy (non-hydrogen) atoms. The van der Waals surface area contributed by atoms with E-state index in [1.54, 1.807) is 0 Å². The zero-order valence-electron chi connectivity index (χ0n) is 20.4. The highest BCUT2D eigenvalue weighted by Gasteiger charge is 2.48. The lowest BCUT2D eigenvalue weighted by atomic mass is 9.75. The van der Waals surface area contributed by atoms with Crippen molar-refractivity contribution in [3.63, 3.8) is 0 Å². The minimum atomic E-state index is 0.222. The van der Waals surface area contributed by atoms with Crippen LogP contribution in [0, 0.1) is 0 Å². The highest BCUT2D eigenvalue weighted by molar-refractivity contribution is 5.33. The van der Waals surface area contributed by atoms with Crippen molar-refractivity contribution < 1.29 is 0 Å². The van der Waals surface area contributed by atoms with E-state index in [1.165, 1.54) is 22.3 Å². The maximum Gasteiger partial charge on any atom is 0.0470 e. The van der Waals surface area contributed by atoms with E-state index in [0.29, 0.717) is 23.9 Å². The van der Waals surface area contributed by atoms with Crippen molar-refractivity contribution in [1.29, 1.82) is 0 Å². The molecule has 2 aliphatic rings. The molecule has 0 bridgehead atoms. The van der Waals surface area contributed by atoms with Crippen molar-refractivity contribution in [3.05, 3.63) is 144 Å². The monoisotopic (exact) mass is 474 g/mol. The molecule has 0 amide bonds. The van der Waals surface area contributed by atoms with Gasteiger partial charge in [0, 0.05) is 36.0 Å². The molecular weight excluding hydrogens is 440 g/mol. The molecule has 0 aliphatic carbocycles. The number of rotatable bonds is 7. The third-order valence-corrected chi connectivity index (χ3v) is 7.86. The summed E-state index contributed by atoms with van der Waals surface area (Å²) in [5.41, 5.74) is 20.4. The van der Waals surface area contributed by atoms with Crippen molar-refractivity contribution in [2.45, 2.75) is 48.8 Å². The third kappa shape index (κ3) is 4.86. The molecular formula is C32H34N4. The van der Waals surface area contributed by atoms with E-state index >= 15 is 0 Å². The van der Waals surface area contributed by atoms with E-state index in [-0.39, 0.29) is 12.1 Å². The first-order chi connectivity index (χ1) is 17.9. The van der Waals surface area contributed by atoms with Gasteiger partial charge in [0.1, 0.15) is 0 Å². The number of nitrogens with one attached hydrogen (secondary N) is 4. The predicted octanol–water partition coefficient (Wildman–Crippen LogP) is 4.73. The lowest BCUT2D eigenvalue weighted by molar-refractivity contribution is 0.367. The van der Waals surface area contributed by atoms with E-state index in [1.807, 2.05) is 0 Å². The third-order valence-electron chi connectivity index (χ3n) is 7.86. The Morgan fingerprint density at radius 3 is 1.08 bits per heavy atom. The number of benzene rings is 4. The Kier molecular flexibility index (Phi) is 6.92. The maximum atomic E-state index is 3.75. The van der Waals surface area contributed by atoms with Crippen LogP contribution in [0.1, 0.15) is 34.1 Å². The summed E-state index contributed by atoms with van der Waals surface area (Å²) in [7, 11) is 0. The molecule has 2 aliphatic heterocycles. The van der Waals surface area contributed by atoms with E-state index < -0.39 is 0 Å². The van der Waals surface area contributed by atoms with Crippen molar-refractivity contribution in [2.24, 2.45) is 0 Å². The molecule has 4 aromatic rings. The molecule has 2 saturated heterocycles. The van der Waals surface area contributed by atoms with E-state index in [0.717, 1.165) is 12.8 Å². The first kappa shape index (κ1) is 23.1. The average molecular weight is 475 g/mol. The normalized spacial score (nSPS) is 27.8. The zero-order chi connectivity index (χ0) is 24.2. The summed E-state index contributed by atoms with van der Waals surface area (Å²) in [6, 6.07) is 44.7. The van der Waals surface area contributed by atoms with E-state index in [2.05, 4.69) is 143 Å². The zero-order valence-corrected chi connectivity index (χ0v) is 20.4. The Balaban J connectivity index is 1.33. The molecule has 0 saturated carbocycles. The Morgan fingerprint density at radius 2 is 0.722 bits per heavy atom. The molecule has 0 radical (unpaired) electrons. The summed E-state index contributed by atoms with van der Waals surface area (Å²) in [4.78, 5) is 0. The average Bonchev–Trinajstić information content (AvgIpc) is 3.55. The van der Waals surface area contributed by atoms with E-state index in [9.17, 15) is 0 Å². The molecule has 2 fully saturated rings. The fourth-order valence-corrected chi connectivity index (χ4v) is 6.21. The van der Waals surface area contributed by atoms with Gasteiger partial charge in [-0.25, -0.2) is 0 Å². The van der Waals surface area contributed by atoms with Crippen LogP contribution in [0.2, 0.25) is 0 Å². The molecule has 6 unspecified atom stereocenters. The second-order valence-corrected chi connectivity index (χ2v) is 10.1. The van der Waals surface area contributed by atoms with Crippen molar-refractivity contribution >= 4 is 0 Å². The Labute approximate surface area is 214 Å². The van der Waals surface area contributed by atoms with Crippen LogP contribution in [-0.4, -0.2) is 24.2 Å². The number of hydrogen-bond acceptors (Lipinski definition) is 4. The molecule has 4 nitrogen and oxygen atoms in total. The van der Waals surface area contributed by atoms with Crippen molar-refractivity contribution in [2.75, 3.05) is 0 Å². The molecule has 2 heterocycles. The van der Waals surface area contributed by atoms with Gasteiger partial charge in [0.2, 0.25) is 0 Å². The van der Waals surface area contributed by atoms with Gasteiger partial charge in [-0.3, -0.25) is 21.7 Å². The standard InChI is InChI=1S/C32H34N4/c1-5-13-23(14-6-1)21-27-29(25-17-9-3-10-18-25)31(35-33-27)32-30(26-19-11-4-12-20-26)28(34-36-32)22-24-15-7-2-8-16-24/h1-20,27-36H,21-22H2. The lowest BCUT2D eigenvalue weighted by Crippen LogP contribution is -2.49. The molecule has 6 atom stereocenters. The topological polar surface area (TPSA) is 48.1 Å². The van der Waals surface area contributed by atoms with Gasteiger partial charge in [0.15, 0.2) is 0 Å². The quantitative estimate of drug-likeness (QED) is 0.313. The molecule has 182 valence electrons. The summed E-state index contributed by atoms with van der Waals surface area (Å²) in [6.45, 7) is 0. The fraction of sp³-hybridized carbons (Fsp3) is 0.250. The molecule has 4 aromatic carbocycles. The Bertz CT molecular complexity index is 1120. The summed E-state index contributed by atoms with van der Waals surface area (Å²) in [5, 5.41) is 0. The van der Waals surface area contributed by atoms with Crippen LogP contribution in [-0.2, 0) is 12.8 Å². The van der Waals surface area contributed by atoms with Crippen LogP contribution >= 0.6 is 0 Å². The number of hydrazine groups is 2. The van der Waals surface area contributed by atoms with Gasteiger partial charge in [-0.15, -0.1) is 0 Å². The maximum absolute atomic E-state index is 3.75. The van der Waals surface area contributed by atoms with Gasteiger partial charge >= 0.3 is 0 Å². The summed E-state index contributed by atoms with van der Waals surface area (Å²) in [6.07, 6.45) is 1.96. The second-order valence-electron chi connectivity index (χ2n) is 10.1. The lowest BCUT2D eigenvalue weighted by Gasteiger charge is -2.32. The molecule has 0 aromatic heterocycles. The summed E-state index contributed by atoms with van der Waals surface area (Å²) in [5.74, 6) is 0.653. The first-order valence-corrected chi connectivity index (χ1v) is 13.1. The molecule has 6 rings (SSSR count). The summed E-state index contributed by atoms with van der Waals surface area (Å²) < 4.78 is 0. The summed E-state index contributed by atoms with van der Waals surface area (Å²) >= 11 is 0. The van der Waals surface area contributed by atoms with Gasteiger partial charge < -0.3 is 0 Å². The van der Waals surface area contributed by atoms with E-state index in [4.69, 9.17) is 0 Å². The minimum absolute atomic E-state index is 0.222. The van der Waals surface area contributed by atoms with Crippen LogP contribution in [0.5, 0.6) is 0 Å². The van der Waals surface area contributed by atoms with Gasteiger partial charge in [-0.1, -0.05) is 121 Å². The highest BCUT2D eigenvalue weighted by Crippen LogP contribution is 2.38. The molecule has 4 N–H and O–H groups in total. The van der Waals surface area contributed by atoms with Crippen LogP contribution < -0.4 is 21.7 Å².